The summed E-state index contributed by atoms with van der Waals surface area (Å²) in [5.74, 6) is 5.39. The first-order valence-electron chi connectivity index (χ1n) is 4.49. The molecule has 1 aromatic carbocycles. The van der Waals surface area contributed by atoms with E-state index in [1.807, 2.05) is 0 Å². The first-order valence-corrected chi connectivity index (χ1v) is 4.49. The molecule has 0 unspecified atom stereocenters. The van der Waals surface area contributed by atoms with Gasteiger partial charge in [0.25, 0.3) is 0 Å². The monoisotopic (exact) mass is 205 g/mol. The van der Waals surface area contributed by atoms with E-state index in [4.69, 9.17) is 17.2 Å². The maximum absolute atomic E-state index is 9.44. The van der Waals surface area contributed by atoms with Crippen LogP contribution in [-0.4, -0.2) is 10.7 Å². The second-order valence-electron chi connectivity index (χ2n) is 3.88. The molecule has 0 aliphatic heterocycles. The van der Waals surface area contributed by atoms with Crippen LogP contribution in [0.25, 0.3) is 0 Å². The van der Waals surface area contributed by atoms with Gasteiger partial charge in [0.05, 0.1) is 16.9 Å². The Morgan fingerprint density at radius 3 is 2.00 bits per heavy atom. The topological polar surface area (TPSA) is 98.3 Å². The molecule has 0 radical (unpaired) electrons. The average Bonchev–Trinajstić information content (AvgIpc) is 1.99. The van der Waals surface area contributed by atoms with E-state index in [1.54, 1.807) is 26.0 Å². The van der Waals surface area contributed by atoms with E-state index < -0.39 is 5.60 Å². The van der Waals surface area contributed by atoms with Crippen LogP contribution in [0.3, 0.4) is 0 Å². The van der Waals surface area contributed by atoms with Crippen LogP contribution in [-0.2, 0) is 0 Å². The van der Waals surface area contributed by atoms with Gasteiger partial charge in [-0.25, -0.2) is 0 Å². The van der Waals surface area contributed by atoms with Gasteiger partial charge in [-0.15, -0.1) is 0 Å². The summed E-state index contributed by atoms with van der Waals surface area (Å²) < 4.78 is 0. The van der Waals surface area contributed by atoms with Gasteiger partial charge >= 0.3 is 0 Å². The van der Waals surface area contributed by atoms with Crippen molar-refractivity contribution in [2.45, 2.75) is 19.4 Å². The van der Waals surface area contributed by atoms with Crippen molar-refractivity contribution >= 4 is 17.1 Å². The third kappa shape index (κ3) is 3.08. The molecule has 4 heteroatoms. The molecule has 0 fully saturated rings. The molecule has 0 atom stereocenters. The van der Waals surface area contributed by atoms with E-state index in [9.17, 15) is 5.11 Å². The molecule has 0 heterocycles. The Kier molecular flexibility index (Phi) is 2.78. The number of aliphatic hydroxyl groups is 1. The summed E-state index contributed by atoms with van der Waals surface area (Å²) in [7, 11) is 0. The molecule has 80 valence electrons. The SMILES string of the molecule is CC(C)(O)C#Cc1c(N)cc(N)cc1N. The normalized spacial score (nSPS) is 10.6. The molecule has 0 aliphatic carbocycles. The Bertz CT molecular complexity index is 412. The molecule has 4 nitrogen and oxygen atoms in total. The molecule has 15 heavy (non-hydrogen) atoms. The molecule has 7 N–H and O–H groups in total. The van der Waals surface area contributed by atoms with Crippen molar-refractivity contribution in [1.29, 1.82) is 0 Å². The number of nitrogens with two attached hydrogens (primary N) is 3. The fraction of sp³-hybridized carbons (Fsp3) is 0.273. The van der Waals surface area contributed by atoms with Crippen molar-refractivity contribution in [2.75, 3.05) is 17.2 Å². The number of hydrogen-bond donors (Lipinski definition) is 4. The first-order chi connectivity index (χ1) is 6.79. The Morgan fingerprint density at radius 1 is 1.13 bits per heavy atom. The Morgan fingerprint density at radius 2 is 1.60 bits per heavy atom. The molecule has 1 aromatic rings. The molecule has 0 saturated carbocycles. The number of anilines is 3. The van der Waals surface area contributed by atoms with Gasteiger partial charge in [0.2, 0.25) is 0 Å². The summed E-state index contributed by atoms with van der Waals surface area (Å²) in [6, 6.07) is 3.18. The van der Waals surface area contributed by atoms with Crippen LogP contribution in [0.15, 0.2) is 12.1 Å². The zero-order valence-electron chi connectivity index (χ0n) is 8.83. The molecular weight excluding hydrogens is 190 g/mol. The zero-order valence-corrected chi connectivity index (χ0v) is 8.83. The summed E-state index contributed by atoms with van der Waals surface area (Å²) in [5.41, 5.74) is 17.7. The van der Waals surface area contributed by atoms with E-state index in [2.05, 4.69) is 11.8 Å². The Labute approximate surface area is 89.1 Å². The second-order valence-corrected chi connectivity index (χ2v) is 3.88. The summed E-state index contributed by atoms with van der Waals surface area (Å²) in [6.45, 7) is 3.17. The van der Waals surface area contributed by atoms with Gasteiger partial charge in [-0.2, -0.15) is 0 Å². The average molecular weight is 205 g/mol. The van der Waals surface area contributed by atoms with Gasteiger partial charge in [0.1, 0.15) is 5.60 Å². The van der Waals surface area contributed by atoms with Crippen LogP contribution in [0.2, 0.25) is 0 Å². The Balaban J connectivity index is 3.20. The van der Waals surface area contributed by atoms with E-state index >= 15 is 0 Å². The summed E-state index contributed by atoms with van der Waals surface area (Å²) in [5, 5.41) is 9.44. The molecule has 0 aliphatic rings. The molecular formula is C11H15N3O. The van der Waals surface area contributed by atoms with Crippen molar-refractivity contribution in [2.24, 2.45) is 0 Å². The summed E-state index contributed by atoms with van der Waals surface area (Å²) >= 11 is 0. The van der Waals surface area contributed by atoms with Gasteiger partial charge in [0, 0.05) is 5.69 Å². The predicted molar refractivity (Wildman–Crippen MR) is 62.9 cm³/mol. The lowest BCUT2D eigenvalue weighted by atomic mass is 10.1. The lowest BCUT2D eigenvalue weighted by Gasteiger charge is -2.08. The van der Waals surface area contributed by atoms with Gasteiger partial charge in [-0.05, 0) is 26.0 Å². The third-order valence-corrected chi connectivity index (χ3v) is 1.72. The molecule has 0 amide bonds. The predicted octanol–water partition coefficient (Wildman–Crippen LogP) is 0.556. The minimum Gasteiger partial charge on any atom is -0.399 e. The molecule has 0 saturated heterocycles. The minimum absolute atomic E-state index is 0.421. The molecule has 0 aromatic heterocycles. The summed E-state index contributed by atoms with van der Waals surface area (Å²) in [4.78, 5) is 0. The van der Waals surface area contributed by atoms with Crippen molar-refractivity contribution in [3.05, 3.63) is 17.7 Å². The second kappa shape index (κ2) is 3.71. The smallest absolute Gasteiger partial charge is 0.120 e. The maximum atomic E-state index is 9.44. The van der Waals surface area contributed by atoms with Crippen LogP contribution >= 0.6 is 0 Å². The number of benzene rings is 1. The van der Waals surface area contributed by atoms with E-state index in [0.717, 1.165) is 0 Å². The standard InChI is InChI=1S/C11H15N3O/c1-11(2,15)4-3-8-9(13)5-7(12)6-10(8)14/h5-6,15H,12-14H2,1-2H3. The van der Waals surface area contributed by atoms with Gasteiger partial charge < -0.3 is 22.3 Å². The number of hydrogen-bond acceptors (Lipinski definition) is 4. The zero-order chi connectivity index (χ0) is 11.6. The first kappa shape index (κ1) is 11.2. The van der Waals surface area contributed by atoms with Crippen molar-refractivity contribution in [1.82, 2.24) is 0 Å². The van der Waals surface area contributed by atoms with E-state index in [0.29, 0.717) is 22.6 Å². The van der Waals surface area contributed by atoms with Crippen molar-refractivity contribution in [3.8, 4) is 11.8 Å². The summed E-state index contributed by atoms with van der Waals surface area (Å²) in [6.07, 6.45) is 0. The molecule has 0 spiro atoms. The molecule has 1 rings (SSSR count). The van der Waals surface area contributed by atoms with Gasteiger partial charge in [0.15, 0.2) is 0 Å². The highest BCUT2D eigenvalue weighted by atomic mass is 16.3. The highest BCUT2D eigenvalue weighted by molar-refractivity contribution is 5.74. The molecule has 0 bridgehead atoms. The van der Waals surface area contributed by atoms with Crippen molar-refractivity contribution < 1.29 is 5.11 Å². The largest absolute Gasteiger partial charge is 0.399 e. The third-order valence-electron chi connectivity index (χ3n) is 1.72. The highest BCUT2D eigenvalue weighted by Crippen LogP contribution is 2.22. The number of rotatable bonds is 0. The van der Waals surface area contributed by atoms with Crippen LogP contribution in [0.1, 0.15) is 19.4 Å². The van der Waals surface area contributed by atoms with Crippen LogP contribution < -0.4 is 17.2 Å². The fourth-order valence-electron chi connectivity index (χ4n) is 1.07. The number of nitrogen functional groups attached to an aromatic ring is 3. The lowest BCUT2D eigenvalue weighted by molar-refractivity contribution is 0.143. The van der Waals surface area contributed by atoms with Crippen LogP contribution in [0.5, 0.6) is 0 Å². The van der Waals surface area contributed by atoms with Gasteiger partial charge in [-0.3, -0.25) is 0 Å². The van der Waals surface area contributed by atoms with Crippen LogP contribution in [0, 0.1) is 11.8 Å². The van der Waals surface area contributed by atoms with Gasteiger partial charge in [-0.1, -0.05) is 11.8 Å². The fourth-order valence-corrected chi connectivity index (χ4v) is 1.07. The maximum Gasteiger partial charge on any atom is 0.120 e. The van der Waals surface area contributed by atoms with Crippen molar-refractivity contribution in [3.63, 3.8) is 0 Å². The van der Waals surface area contributed by atoms with Crippen LogP contribution in [0.4, 0.5) is 17.1 Å². The highest BCUT2D eigenvalue weighted by Gasteiger charge is 2.08. The van der Waals surface area contributed by atoms with E-state index in [1.165, 1.54) is 0 Å². The van der Waals surface area contributed by atoms with E-state index in [-0.39, 0.29) is 0 Å². The minimum atomic E-state index is -1.07. The lowest BCUT2D eigenvalue weighted by Crippen LogP contribution is -2.14. The quantitative estimate of drug-likeness (QED) is 0.367. The Hall–Kier alpha value is -1.86.